The van der Waals surface area contributed by atoms with Crippen molar-refractivity contribution in [2.75, 3.05) is 159 Å². The third-order valence-electron chi connectivity index (χ3n) is 7.86. The van der Waals surface area contributed by atoms with Crippen molar-refractivity contribution in [3.63, 3.8) is 0 Å². The van der Waals surface area contributed by atoms with Crippen molar-refractivity contribution in [1.82, 2.24) is 0 Å². The second-order valence-electron chi connectivity index (χ2n) is 14.1. The Balaban J connectivity index is 0.000000450. The molecule has 5 atom stereocenters. The molecule has 0 saturated carbocycles. The lowest BCUT2D eigenvalue weighted by Gasteiger charge is -2.28. The van der Waals surface area contributed by atoms with E-state index in [4.69, 9.17) is 82.4 Å². The molecule has 0 spiro atoms. The van der Waals surface area contributed by atoms with Crippen LogP contribution in [0.15, 0.2) is 0 Å². The molecule has 24 heteroatoms. The van der Waals surface area contributed by atoms with Crippen LogP contribution in [0.1, 0.15) is 0 Å². The smallest absolute Gasteiger partial charge is 0.180 e. The summed E-state index contributed by atoms with van der Waals surface area (Å²) in [7, 11) is 0. The summed E-state index contributed by atoms with van der Waals surface area (Å²) in [6.45, 7) is 0.875. The van der Waals surface area contributed by atoms with Crippen LogP contribution in [0.25, 0.3) is 0 Å². The summed E-state index contributed by atoms with van der Waals surface area (Å²) in [5.74, 6) is -0.000238. The molecule has 3 rings (SSSR count). The minimum absolute atomic E-state index is 0.000238. The Morgan fingerprint density at radius 3 is 1.12 bits per heavy atom. The Kier molecular flexibility index (Phi) is 35.6. The molecule has 0 aromatic carbocycles. The highest BCUT2D eigenvalue weighted by Crippen LogP contribution is 2.11. The highest BCUT2D eigenvalue weighted by Gasteiger charge is 2.23. The maximum Gasteiger partial charge on any atom is 0.180 e. The van der Waals surface area contributed by atoms with E-state index in [9.17, 15) is 35.7 Å². The quantitative estimate of drug-likeness (QED) is 0.0771. The van der Waals surface area contributed by atoms with E-state index in [1.165, 1.54) is 0 Å². The molecule has 12 N–H and O–H groups in total. The average Bonchev–Trinajstić information content (AvgIpc) is 3.23. The fourth-order valence-electron chi connectivity index (χ4n) is 4.64. The van der Waals surface area contributed by atoms with Gasteiger partial charge in [-0.25, -0.2) is 0 Å². The van der Waals surface area contributed by atoms with Gasteiger partial charge in [0.05, 0.1) is 159 Å². The highest BCUT2D eigenvalue weighted by atomic mass is 16.7. The number of ether oxygens (including phenoxy) is 12. The van der Waals surface area contributed by atoms with E-state index in [0.717, 1.165) is 0 Å². The van der Waals surface area contributed by atoms with E-state index in [0.29, 0.717) is 13.2 Å². The molecule has 3 aliphatic rings. The largest absolute Gasteiger partial charge is 0.396 e. The van der Waals surface area contributed by atoms with E-state index < -0.39 is 73.9 Å². The molecule has 0 bridgehead atoms. The molecular formula is C36H72O24. The van der Waals surface area contributed by atoms with Gasteiger partial charge in [0.15, 0.2) is 6.29 Å². The van der Waals surface area contributed by atoms with Crippen molar-refractivity contribution in [3.05, 3.63) is 0 Å². The van der Waals surface area contributed by atoms with Gasteiger partial charge in [-0.2, -0.15) is 0 Å². The van der Waals surface area contributed by atoms with Crippen molar-refractivity contribution in [1.29, 1.82) is 0 Å². The van der Waals surface area contributed by atoms with Gasteiger partial charge in [-0.3, -0.25) is 0 Å². The minimum atomic E-state index is -0.968. The maximum absolute atomic E-state index is 9.55. The number of rotatable bonds is 14. The fraction of sp³-hybridized carbons (Fsp3) is 1.00. The monoisotopic (exact) mass is 888 g/mol. The molecule has 3 heterocycles. The van der Waals surface area contributed by atoms with Crippen LogP contribution < -0.4 is 0 Å². The van der Waals surface area contributed by atoms with Crippen molar-refractivity contribution < 1.29 is 118 Å². The van der Waals surface area contributed by atoms with Gasteiger partial charge in [-0.05, 0) is 0 Å². The first-order chi connectivity index (χ1) is 28.9. The SMILES string of the molecule is OC1COCC(O)COCC(O)COCC(O)COC1.OCC(O)COC(CO)COCC1OCC(CO)CO1.OCC(O)COC1COCC(O)COCC(O)COC1. The van der Waals surface area contributed by atoms with Crippen molar-refractivity contribution >= 4 is 0 Å². The molecule has 3 aliphatic heterocycles. The van der Waals surface area contributed by atoms with Crippen LogP contribution in [-0.2, 0) is 56.8 Å². The molecule has 0 aromatic rings. The molecule has 360 valence electrons. The third-order valence-corrected chi connectivity index (χ3v) is 7.86. The lowest BCUT2D eigenvalue weighted by Crippen LogP contribution is -2.37. The highest BCUT2D eigenvalue weighted by molar-refractivity contribution is 4.65. The second-order valence-corrected chi connectivity index (χ2v) is 14.1. The van der Waals surface area contributed by atoms with Crippen molar-refractivity contribution in [2.45, 2.75) is 67.3 Å². The van der Waals surface area contributed by atoms with Crippen molar-refractivity contribution in [3.8, 4) is 0 Å². The van der Waals surface area contributed by atoms with Crippen LogP contribution in [0, 0.1) is 5.92 Å². The predicted molar refractivity (Wildman–Crippen MR) is 202 cm³/mol. The molecule has 0 amide bonds. The normalized spacial score (nSPS) is 31.7. The van der Waals surface area contributed by atoms with Gasteiger partial charge in [0.1, 0.15) is 61.0 Å². The van der Waals surface area contributed by atoms with E-state index in [2.05, 4.69) is 0 Å². The van der Waals surface area contributed by atoms with Crippen molar-refractivity contribution in [2.24, 2.45) is 5.92 Å². The van der Waals surface area contributed by atoms with Crippen LogP contribution in [0.3, 0.4) is 0 Å². The van der Waals surface area contributed by atoms with E-state index >= 15 is 0 Å². The molecule has 5 unspecified atom stereocenters. The van der Waals surface area contributed by atoms with Gasteiger partial charge in [0.2, 0.25) is 0 Å². The van der Waals surface area contributed by atoms with Gasteiger partial charge in [0.25, 0.3) is 0 Å². The Bertz CT molecular complexity index is 859. The van der Waals surface area contributed by atoms with Crippen LogP contribution in [-0.4, -0.2) is 287 Å². The standard InChI is InChI=1S/3C12H24O8/c13-1-9(14)6-20-12-7-18-4-10(15)2-17-3-11(16)5-19-8-12;13-1-9-4-19-12(20-5-9)8-17-7-11(3-15)18-6-10(16)2-14;13-9-1-17-3-10(14)4-19-7-12(16)8-20-6-11(15)5-18-2-9/h3*9-16H,1-8H2. The molecular weight excluding hydrogens is 816 g/mol. The number of hydrogen-bond acceptors (Lipinski definition) is 24. The topological polar surface area (TPSA) is 354 Å². The average molecular weight is 889 g/mol. The van der Waals surface area contributed by atoms with Gasteiger partial charge in [-0.15, -0.1) is 0 Å². The Hall–Kier alpha value is -0.960. The molecule has 24 nitrogen and oxygen atoms in total. The zero-order valence-corrected chi connectivity index (χ0v) is 34.2. The minimum Gasteiger partial charge on any atom is -0.396 e. The summed E-state index contributed by atoms with van der Waals surface area (Å²) in [6.07, 6.45) is -8.29. The summed E-state index contributed by atoms with van der Waals surface area (Å²) >= 11 is 0. The van der Waals surface area contributed by atoms with Crippen LogP contribution in [0.5, 0.6) is 0 Å². The molecule has 60 heavy (non-hydrogen) atoms. The maximum atomic E-state index is 9.55. The summed E-state index contributed by atoms with van der Waals surface area (Å²) in [6, 6.07) is 0. The Labute approximate surface area is 349 Å². The lowest BCUT2D eigenvalue weighted by atomic mass is 10.2. The molecule has 0 aromatic heterocycles. The number of hydrogen-bond donors (Lipinski definition) is 12. The first-order valence-electron chi connectivity index (χ1n) is 19.8. The van der Waals surface area contributed by atoms with Crippen LogP contribution in [0.2, 0.25) is 0 Å². The summed E-state index contributed by atoms with van der Waals surface area (Å²) in [4.78, 5) is 0. The zero-order valence-electron chi connectivity index (χ0n) is 34.2. The molecule has 3 fully saturated rings. The predicted octanol–water partition coefficient (Wildman–Crippen LogP) is -7.26. The molecule has 0 radical (unpaired) electrons. The van der Waals surface area contributed by atoms with Gasteiger partial charge >= 0.3 is 0 Å². The first kappa shape index (κ1) is 57.1. The summed E-state index contributed by atoms with van der Waals surface area (Å²) < 4.78 is 62.6. The Morgan fingerprint density at radius 1 is 0.433 bits per heavy atom. The van der Waals surface area contributed by atoms with E-state index in [1.54, 1.807) is 0 Å². The van der Waals surface area contributed by atoms with Gasteiger partial charge in [-0.1, -0.05) is 0 Å². The third kappa shape index (κ3) is 31.8. The van der Waals surface area contributed by atoms with E-state index in [-0.39, 0.29) is 145 Å². The zero-order chi connectivity index (χ0) is 44.4. The van der Waals surface area contributed by atoms with Crippen LogP contribution in [0.4, 0.5) is 0 Å². The van der Waals surface area contributed by atoms with Crippen LogP contribution >= 0.6 is 0 Å². The van der Waals surface area contributed by atoms with Gasteiger partial charge < -0.3 is 118 Å². The molecule has 3 saturated heterocycles. The molecule has 0 aliphatic carbocycles. The second kappa shape index (κ2) is 37.4. The summed E-state index contributed by atoms with van der Waals surface area (Å²) in [5, 5.41) is 111. The Morgan fingerprint density at radius 2 is 0.783 bits per heavy atom. The van der Waals surface area contributed by atoms with E-state index in [1.807, 2.05) is 0 Å². The first-order valence-corrected chi connectivity index (χ1v) is 19.8. The van der Waals surface area contributed by atoms with Gasteiger partial charge in [0, 0.05) is 5.92 Å². The summed E-state index contributed by atoms with van der Waals surface area (Å²) in [5.41, 5.74) is 0. The lowest BCUT2D eigenvalue weighted by molar-refractivity contribution is -0.228. The number of aliphatic hydroxyl groups is 12. The number of aliphatic hydroxyl groups excluding tert-OH is 12. The fourth-order valence-corrected chi connectivity index (χ4v) is 4.64.